The van der Waals surface area contributed by atoms with Gasteiger partial charge in [-0.1, -0.05) is 6.92 Å². The van der Waals surface area contributed by atoms with Crippen LogP contribution in [0.5, 0.6) is 11.5 Å². The van der Waals surface area contributed by atoms with E-state index < -0.39 is 0 Å². The molecule has 0 spiro atoms. The number of hydrogen-bond donors (Lipinski definition) is 2. The van der Waals surface area contributed by atoms with Gasteiger partial charge in [-0.2, -0.15) is 0 Å². The van der Waals surface area contributed by atoms with Gasteiger partial charge in [0, 0.05) is 18.7 Å². The Morgan fingerprint density at radius 1 is 1.47 bits per heavy atom. The molecule has 0 saturated carbocycles. The summed E-state index contributed by atoms with van der Waals surface area (Å²) in [6.45, 7) is 7.46. The molecular weight excluding hydrogens is 240 g/mol. The van der Waals surface area contributed by atoms with E-state index in [0.717, 1.165) is 30.3 Å². The molecular formula is C15H24N2O2. The normalized spacial score (nSPS) is 19.8. The van der Waals surface area contributed by atoms with Crippen LogP contribution in [0.15, 0.2) is 18.2 Å². The number of rotatable bonds is 6. The van der Waals surface area contributed by atoms with Crippen molar-refractivity contribution in [1.82, 2.24) is 10.2 Å². The number of benzene rings is 1. The third kappa shape index (κ3) is 3.85. The van der Waals surface area contributed by atoms with Crippen molar-refractivity contribution < 1.29 is 9.84 Å². The Morgan fingerprint density at radius 2 is 2.32 bits per heavy atom. The molecule has 106 valence electrons. The van der Waals surface area contributed by atoms with E-state index in [2.05, 4.69) is 17.1 Å². The quantitative estimate of drug-likeness (QED) is 0.823. The molecule has 0 aliphatic carbocycles. The minimum Gasteiger partial charge on any atom is -0.508 e. The fourth-order valence-corrected chi connectivity index (χ4v) is 2.61. The first-order valence-corrected chi connectivity index (χ1v) is 7.02. The van der Waals surface area contributed by atoms with Crippen molar-refractivity contribution >= 4 is 0 Å². The summed E-state index contributed by atoms with van der Waals surface area (Å²) >= 11 is 0. The summed E-state index contributed by atoms with van der Waals surface area (Å²) in [5, 5.41) is 13.2. The van der Waals surface area contributed by atoms with Gasteiger partial charge in [-0.3, -0.25) is 0 Å². The number of phenolic OH excluding ortho intramolecular Hbond substituents is 1. The predicted molar refractivity (Wildman–Crippen MR) is 76.6 cm³/mol. The minimum absolute atomic E-state index is 0.329. The number of phenols is 1. The Morgan fingerprint density at radius 3 is 3.00 bits per heavy atom. The largest absolute Gasteiger partial charge is 0.508 e. The maximum atomic E-state index is 9.80. The summed E-state index contributed by atoms with van der Waals surface area (Å²) in [7, 11) is 1.64. The lowest BCUT2D eigenvalue weighted by molar-refractivity contribution is 0.338. The highest BCUT2D eigenvalue weighted by Gasteiger charge is 2.20. The Bertz CT molecular complexity index is 409. The highest BCUT2D eigenvalue weighted by Crippen LogP contribution is 2.23. The number of hydrogen-bond acceptors (Lipinski definition) is 4. The van der Waals surface area contributed by atoms with Gasteiger partial charge in [0.1, 0.15) is 11.5 Å². The molecule has 0 radical (unpaired) electrons. The predicted octanol–water partition coefficient (Wildman–Crippen LogP) is 1.83. The van der Waals surface area contributed by atoms with Gasteiger partial charge in [-0.25, -0.2) is 0 Å². The molecule has 1 aliphatic rings. The molecule has 0 bridgehead atoms. The topological polar surface area (TPSA) is 44.7 Å². The molecule has 2 N–H and O–H groups in total. The zero-order chi connectivity index (χ0) is 13.7. The molecule has 0 amide bonds. The van der Waals surface area contributed by atoms with Gasteiger partial charge in [0.2, 0.25) is 0 Å². The molecule has 0 aromatic heterocycles. The maximum Gasteiger partial charge on any atom is 0.120 e. The zero-order valence-electron chi connectivity index (χ0n) is 11.9. The standard InChI is InChI=1S/C15H24N2O2/c1-3-17-7-6-12(11-17)9-16-10-13-8-14(19-2)4-5-15(13)18/h4-5,8,12,16,18H,3,6-7,9-11H2,1-2H3. The van der Waals surface area contributed by atoms with Crippen molar-refractivity contribution in [2.45, 2.75) is 19.9 Å². The Kier molecular flexibility index (Phi) is 5.05. The molecule has 2 rings (SSSR count). The van der Waals surface area contributed by atoms with Gasteiger partial charge in [-0.15, -0.1) is 0 Å². The molecule has 1 fully saturated rings. The molecule has 1 unspecified atom stereocenters. The van der Waals surface area contributed by atoms with Crippen LogP contribution >= 0.6 is 0 Å². The highest BCUT2D eigenvalue weighted by atomic mass is 16.5. The van der Waals surface area contributed by atoms with E-state index in [1.54, 1.807) is 19.2 Å². The second kappa shape index (κ2) is 6.78. The Balaban J connectivity index is 1.79. The smallest absolute Gasteiger partial charge is 0.120 e. The van der Waals surface area contributed by atoms with Crippen molar-refractivity contribution in [3.63, 3.8) is 0 Å². The van der Waals surface area contributed by atoms with E-state index in [-0.39, 0.29) is 0 Å². The van der Waals surface area contributed by atoms with Gasteiger partial charge in [0.05, 0.1) is 7.11 Å². The highest BCUT2D eigenvalue weighted by molar-refractivity contribution is 5.39. The number of ether oxygens (including phenoxy) is 1. The van der Waals surface area contributed by atoms with Gasteiger partial charge < -0.3 is 20.1 Å². The number of nitrogens with one attached hydrogen (secondary N) is 1. The second-order valence-electron chi connectivity index (χ2n) is 5.17. The van der Waals surface area contributed by atoms with Crippen molar-refractivity contribution in [3.05, 3.63) is 23.8 Å². The van der Waals surface area contributed by atoms with E-state index in [0.29, 0.717) is 12.3 Å². The molecule has 1 saturated heterocycles. The third-order valence-electron chi connectivity index (χ3n) is 3.85. The van der Waals surface area contributed by atoms with Crippen molar-refractivity contribution in [3.8, 4) is 11.5 Å². The summed E-state index contributed by atoms with van der Waals surface area (Å²) in [6.07, 6.45) is 1.27. The Labute approximate surface area is 115 Å². The fraction of sp³-hybridized carbons (Fsp3) is 0.600. The van der Waals surface area contributed by atoms with E-state index in [4.69, 9.17) is 4.74 Å². The van der Waals surface area contributed by atoms with E-state index >= 15 is 0 Å². The van der Waals surface area contributed by atoms with Crippen LogP contribution in [0.25, 0.3) is 0 Å². The first-order valence-electron chi connectivity index (χ1n) is 7.02. The number of likely N-dealkylation sites (tertiary alicyclic amines) is 1. The van der Waals surface area contributed by atoms with Crippen molar-refractivity contribution in [1.29, 1.82) is 0 Å². The van der Waals surface area contributed by atoms with Gasteiger partial charge >= 0.3 is 0 Å². The van der Waals surface area contributed by atoms with Crippen LogP contribution in [0.1, 0.15) is 18.9 Å². The summed E-state index contributed by atoms with van der Waals surface area (Å²) in [5.74, 6) is 1.84. The summed E-state index contributed by atoms with van der Waals surface area (Å²) in [5.41, 5.74) is 0.893. The Hall–Kier alpha value is -1.26. The van der Waals surface area contributed by atoms with E-state index in [9.17, 15) is 5.11 Å². The number of aromatic hydroxyl groups is 1. The molecule has 1 aromatic carbocycles. The van der Waals surface area contributed by atoms with Crippen LogP contribution in [-0.2, 0) is 6.54 Å². The lowest BCUT2D eigenvalue weighted by atomic mass is 10.1. The summed E-state index contributed by atoms with van der Waals surface area (Å²) in [6, 6.07) is 5.34. The van der Waals surface area contributed by atoms with E-state index in [1.807, 2.05) is 6.07 Å². The van der Waals surface area contributed by atoms with E-state index in [1.165, 1.54) is 19.5 Å². The maximum absolute atomic E-state index is 9.80. The molecule has 4 heteroatoms. The first kappa shape index (κ1) is 14.2. The zero-order valence-corrected chi connectivity index (χ0v) is 11.9. The fourth-order valence-electron chi connectivity index (χ4n) is 2.61. The molecule has 1 aromatic rings. The second-order valence-corrected chi connectivity index (χ2v) is 5.17. The number of nitrogens with zero attached hydrogens (tertiary/aromatic N) is 1. The van der Waals surface area contributed by atoms with Gasteiger partial charge in [0.15, 0.2) is 0 Å². The molecule has 4 nitrogen and oxygen atoms in total. The SMILES string of the molecule is CCN1CCC(CNCc2cc(OC)ccc2O)C1. The lowest BCUT2D eigenvalue weighted by Gasteiger charge is -2.14. The third-order valence-corrected chi connectivity index (χ3v) is 3.85. The van der Waals surface area contributed by atoms with Crippen molar-refractivity contribution in [2.24, 2.45) is 5.92 Å². The van der Waals surface area contributed by atoms with Crippen molar-refractivity contribution in [2.75, 3.05) is 33.3 Å². The minimum atomic E-state index is 0.329. The van der Waals surface area contributed by atoms with Crippen LogP contribution in [0.2, 0.25) is 0 Å². The summed E-state index contributed by atoms with van der Waals surface area (Å²) < 4.78 is 5.17. The van der Waals surface area contributed by atoms with Crippen LogP contribution in [0, 0.1) is 5.92 Å². The van der Waals surface area contributed by atoms with Gasteiger partial charge in [-0.05, 0) is 50.2 Å². The van der Waals surface area contributed by atoms with Gasteiger partial charge in [0.25, 0.3) is 0 Å². The molecule has 19 heavy (non-hydrogen) atoms. The molecule has 1 heterocycles. The summed E-state index contributed by atoms with van der Waals surface area (Å²) in [4.78, 5) is 2.48. The average molecular weight is 264 g/mol. The first-order chi connectivity index (χ1) is 9.22. The van der Waals surface area contributed by atoms with Crippen LogP contribution in [0.4, 0.5) is 0 Å². The average Bonchev–Trinajstić information content (AvgIpc) is 2.89. The lowest BCUT2D eigenvalue weighted by Crippen LogP contribution is -2.26. The van der Waals surface area contributed by atoms with Crippen LogP contribution in [0.3, 0.4) is 0 Å². The molecule has 1 aliphatic heterocycles. The number of methoxy groups -OCH3 is 1. The van der Waals surface area contributed by atoms with Crippen LogP contribution in [-0.4, -0.2) is 43.3 Å². The van der Waals surface area contributed by atoms with Crippen LogP contribution < -0.4 is 10.1 Å². The monoisotopic (exact) mass is 264 g/mol. The molecule has 1 atom stereocenters.